The molecule has 1 aromatic heterocycles. The Morgan fingerprint density at radius 1 is 1.17 bits per heavy atom. The van der Waals surface area contributed by atoms with E-state index in [1.165, 1.54) is 0 Å². The van der Waals surface area contributed by atoms with Crippen LogP contribution in [0.5, 0.6) is 0 Å². The van der Waals surface area contributed by atoms with Crippen molar-refractivity contribution >= 4 is 17.7 Å². The van der Waals surface area contributed by atoms with E-state index in [0.717, 1.165) is 10.7 Å². The maximum atomic E-state index is 11.4. The lowest BCUT2D eigenvalue weighted by Crippen LogP contribution is -2.18. The van der Waals surface area contributed by atoms with Gasteiger partial charge in [-0.3, -0.25) is 15.1 Å². The van der Waals surface area contributed by atoms with Crippen molar-refractivity contribution < 1.29 is 10.0 Å². The summed E-state index contributed by atoms with van der Waals surface area (Å²) in [7, 11) is 0. The summed E-state index contributed by atoms with van der Waals surface area (Å²) in [5, 5.41) is 15.8. The predicted octanol–water partition coefficient (Wildman–Crippen LogP) is 2.88. The van der Waals surface area contributed by atoms with Gasteiger partial charge in [0.25, 0.3) is 5.91 Å². The van der Waals surface area contributed by atoms with E-state index in [4.69, 9.17) is 5.21 Å². The lowest BCUT2D eigenvalue weighted by atomic mass is 10.1. The number of hydrogen-bond acceptors (Lipinski definition) is 5. The highest BCUT2D eigenvalue weighted by atomic mass is 32.2. The second-order valence-electron chi connectivity index (χ2n) is 4.73. The smallest absolute Gasteiger partial charge is 0.274 e. The molecule has 6 nitrogen and oxygen atoms in total. The average Bonchev–Trinajstić information content (AvgIpc) is 3.09. The molecular formula is C16H14N4O2S. The lowest BCUT2D eigenvalue weighted by Gasteiger charge is -2.00. The second-order valence-corrected chi connectivity index (χ2v) is 5.78. The average molecular weight is 326 g/mol. The Morgan fingerprint density at radius 2 is 2.00 bits per heavy atom. The summed E-state index contributed by atoms with van der Waals surface area (Å²) in [6.45, 7) is 0. The van der Waals surface area contributed by atoms with Gasteiger partial charge in [0.2, 0.25) is 0 Å². The van der Waals surface area contributed by atoms with Gasteiger partial charge < -0.3 is 0 Å². The van der Waals surface area contributed by atoms with Crippen molar-refractivity contribution in [1.82, 2.24) is 20.7 Å². The van der Waals surface area contributed by atoms with E-state index >= 15 is 0 Å². The third kappa shape index (κ3) is 3.77. The van der Waals surface area contributed by atoms with Crippen molar-refractivity contribution in [3.63, 3.8) is 0 Å². The summed E-state index contributed by atoms with van der Waals surface area (Å²) in [4.78, 5) is 17.0. The van der Waals surface area contributed by atoms with Crippen LogP contribution >= 0.6 is 11.8 Å². The molecule has 2 aromatic carbocycles. The molecule has 0 saturated carbocycles. The summed E-state index contributed by atoms with van der Waals surface area (Å²) < 4.78 is 0. The summed E-state index contributed by atoms with van der Waals surface area (Å²) >= 11 is 1.66. The highest BCUT2D eigenvalue weighted by Crippen LogP contribution is 2.22. The first kappa shape index (κ1) is 15.3. The Hall–Kier alpha value is -2.64. The first-order valence-corrected chi connectivity index (χ1v) is 7.89. The van der Waals surface area contributed by atoms with Gasteiger partial charge in [-0.1, -0.05) is 30.3 Å². The number of thioether (sulfide) groups is 1. The van der Waals surface area contributed by atoms with E-state index in [1.807, 2.05) is 36.4 Å². The molecule has 1 amide bonds. The molecule has 3 N–H and O–H groups in total. The number of rotatable bonds is 5. The zero-order chi connectivity index (χ0) is 16.1. The molecule has 0 spiro atoms. The van der Waals surface area contributed by atoms with Crippen LogP contribution in [0, 0.1) is 0 Å². The Morgan fingerprint density at radius 3 is 2.78 bits per heavy atom. The van der Waals surface area contributed by atoms with E-state index in [1.54, 1.807) is 35.4 Å². The van der Waals surface area contributed by atoms with Gasteiger partial charge in [-0.15, -0.1) is 11.8 Å². The minimum absolute atomic E-state index is 0.343. The number of hydroxylamine groups is 1. The Labute approximate surface area is 136 Å². The van der Waals surface area contributed by atoms with Crippen molar-refractivity contribution in [2.24, 2.45) is 0 Å². The fraction of sp³-hybridized carbons (Fsp3) is 0.0625. The van der Waals surface area contributed by atoms with Crippen molar-refractivity contribution in [1.29, 1.82) is 0 Å². The van der Waals surface area contributed by atoms with E-state index < -0.39 is 5.91 Å². The third-order valence-electron chi connectivity index (χ3n) is 3.13. The van der Waals surface area contributed by atoms with Crippen LogP contribution in [0.25, 0.3) is 11.4 Å². The number of nitrogens with one attached hydrogen (secondary N) is 2. The SMILES string of the molecule is O=C(NO)c1cccc(-c2n[nH]c(CSc3ccccc3)n2)c1. The summed E-state index contributed by atoms with van der Waals surface area (Å²) in [5.74, 6) is 1.38. The lowest BCUT2D eigenvalue weighted by molar-refractivity contribution is 0.0706. The third-order valence-corrected chi connectivity index (χ3v) is 4.16. The van der Waals surface area contributed by atoms with Crippen LogP contribution in [0.3, 0.4) is 0 Å². The molecule has 0 radical (unpaired) electrons. The molecule has 3 aromatic rings. The topological polar surface area (TPSA) is 90.9 Å². The maximum absolute atomic E-state index is 11.4. The maximum Gasteiger partial charge on any atom is 0.274 e. The van der Waals surface area contributed by atoms with Crippen LogP contribution in [0.1, 0.15) is 16.2 Å². The van der Waals surface area contributed by atoms with Gasteiger partial charge in [0.1, 0.15) is 5.82 Å². The van der Waals surface area contributed by atoms with E-state index in [0.29, 0.717) is 22.7 Å². The molecule has 0 unspecified atom stereocenters. The summed E-state index contributed by atoms with van der Waals surface area (Å²) in [5.41, 5.74) is 2.66. The highest BCUT2D eigenvalue weighted by molar-refractivity contribution is 7.98. The molecule has 0 aliphatic carbocycles. The van der Waals surface area contributed by atoms with E-state index in [-0.39, 0.29) is 0 Å². The Balaban J connectivity index is 1.73. The quantitative estimate of drug-likeness (QED) is 0.381. The number of benzene rings is 2. The summed E-state index contributed by atoms with van der Waals surface area (Å²) in [6, 6.07) is 16.8. The van der Waals surface area contributed by atoms with Gasteiger partial charge in [0.15, 0.2) is 5.82 Å². The molecule has 1 heterocycles. The summed E-state index contributed by atoms with van der Waals surface area (Å²) in [6.07, 6.45) is 0. The fourth-order valence-electron chi connectivity index (χ4n) is 2.02. The minimum atomic E-state index is -0.567. The number of aromatic nitrogens is 3. The first-order valence-electron chi connectivity index (χ1n) is 6.90. The van der Waals surface area contributed by atoms with Gasteiger partial charge >= 0.3 is 0 Å². The zero-order valence-corrected chi connectivity index (χ0v) is 12.9. The van der Waals surface area contributed by atoms with Crippen molar-refractivity contribution in [3.8, 4) is 11.4 Å². The monoisotopic (exact) mass is 326 g/mol. The van der Waals surface area contributed by atoms with Crippen LogP contribution in [-0.4, -0.2) is 26.3 Å². The molecule has 3 rings (SSSR count). The second kappa shape index (κ2) is 7.08. The van der Waals surface area contributed by atoms with Gasteiger partial charge in [-0.25, -0.2) is 10.5 Å². The van der Waals surface area contributed by atoms with Crippen LogP contribution in [0.2, 0.25) is 0 Å². The Bertz CT molecular complexity index is 805. The number of carbonyl (C=O) groups is 1. The van der Waals surface area contributed by atoms with Crippen molar-refractivity contribution in [2.45, 2.75) is 10.6 Å². The van der Waals surface area contributed by atoms with Crippen LogP contribution < -0.4 is 5.48 Å². The van der Waals surface area contributed by atoms with E-state index in [2.05, 4.69) is 15.2 Å². The number of H-pyrrole nitrogens is 1. The van der Waals surface area contributed by atoms with Crippen molar-refractivity contribution in [2.75, 3.05) is 0 Å². The number of aromatic amines is 1. The number of hydrogen-bond donors (Lipinski definition) is 3. The van der Waals surface area contributed by atoms with Crippen LogP contribution in [0.4, 0.5) is 0 Å². The zero-order valence-electron chi connectivity index (χ0n) is 12.1. The molecule has 0 aliphatic heterocycles. The first-order chi connectivity index (χ1) is 11.3. The standard InChI is InChI=1S/C16H14N4O2S/c21-16(20-22)12-6-4-5-11(9-12)15-17-14(18-19-15)10-23-13-7-2-1-3-8-13/h1-9,22H,10H2,(H,20,21)(H,17,18,19). The largest absolute Gasteiger partial charge is 0.288 e. The number of nitrogens with zero attached hydrogens (tertiary/aromatic N) is 2. The molecule has 0 saturated heterocycles. The molecule has 0 atom stereocenters. The normalized spacial score (nSPS) is 10.5. The van der Waals surface area contributed by atoms with Gasteiger partial charge in [0.05, 0.1) is 5.75 Å². The molecular weight excluding hydrogens is 312 g/mol. The predicted molar refractivity (Wildman–Crippen MR) is 87.1 cm³/mol. The Kier molecular flexibility index (Phi) is 4.70. The fourth-order valence-corrected chi connectivity index (χ4v) is 2.80. The van der Waals surface area contributed by atoms with Crippen LogP contribution in [0.15, 0.2) is 59.5 Å². The number of carbonyl (C=O) groups excluding carboxylic acids is 1. The number of amides is 1. The highest BCUT2D eigenvalue weighted by Gasteiger charge is 2.10. The van der Waals surface area contributed by atoms with Gasteiger partial charge in [0, 0.05) is 16.0 Å². The van der Waals surface area contributed by atoms with Crippen molar-refractivity contribution in [3.05, 3.63) is 66.0 Å². The molecule has 0 aliphatic rings. The minimum Gasteiger partial charge on any atom is -0.288 e. The van der Waals surface area contributed by atoms with Gasteiger partial charge in [-0.2, -0.15) is 5.10 Å². The van der Waals surface area contributed by atoms with E-state index in [9.17, 15) is 4.79 Å². The van der Waals surface area contributed by atoms with Gasteiger partial charge in [-0.05, 0) is 24.3 Å². The van der Waals surface area contributed by atoms with Crippen LogP contribution in [-0.2, 0) is 5.75 Å². The molecule has 7 heteroatoms. The molecule has 0 fully saturated rings. The molecule has 116 valence electrons. The molecule has 0 bridgehead atoms. The molecule has 23 heavy (non-hydrogen) atoms.